The maximum atomic E-state index is 6.16. The SMILES string of the molecule is C[n+]1cn(Cc2ccc3ccccc3n2)c(Cl)c1Cl. The normalized spacial score (nSPS) is 11.1. The number of hydrogen-bond donors (Lipinski definition) is 0. The van der Waals surface area contributed by atoms with Crippen molar-refractivity contribution in [2.75, 3.05) is 0 Å². The van der Waals surface area contributed by atoms with Crippen LogP contribution in [-0.2, 0) is 13.6 Å². The number of hydrogen-bond acceptors (Lipinski definition) is 1. The van der Waals surface area contributed by atoms with Crippen LogP contribution in [0.5, 0.6) is 0 Å². The van der Waals surface area contributed by atoms with Crippen LogP contribution in [0.15, 0.2) is 42.7 Å². The second-order valence-corrected chi connectivity index (χ2v) is 5.15. The number of para-hydroxylation sites is 1. The zero-order valence-corrected chi connectivity index (χ0v) is 11.9. The quantitative estimate of drug-likeness (QED) is 0.665. The summed E-state index contributed by atoms with van der Waals surface area (Å²) < 4.78 is 3.66. The average molecular weight is 293 g/mol. The molecule has 19 heavy (non-hydrogen) atoms. The highest BCUT2D eigenvalue weighted by molar-refractivity contribution is 6.39. The van der Waals surface area contributed by atoms with E-state index in [-0.39, 0.29) is 0 Å². The minimum atomic E-state index is 0.527. The van der Waals surface area contributed by atoms with Crippen molar-refractivity contribution in [3.8, 4) is 0 Å². The first-order valence-corrected chi connectivity index (χ1v) is 6.65. The number of benzene rings is 1. The summed E-state index contributed by atoms with van der Waals surface area (Å²) in [5.41, 5.74) is 1.94. The van der Waals surface area contributed by atoms with Crippen molar-refractivity contribution in [1.82, 2.24) is 9.55 Å². The van der Waals surface area contributed by atoms with Crippen LogP contribution in [0.2, 0.25) is 10.3 Å². The number of rotatable bonds is 2. The van der Waals surface area contributed by atoms with E-state index in [4.69, 9.17) is 23.2 Å². The van der Waals surface area contributed by atoms with Gasteiger partial charge in [-0.25, -0.2) is 14.1 Å². The Morgan fingerprint density at radius 1 is 1.16 bits per heavy atom. The van der Waals surface area contributed by atoms with Crippen LogP contribution in [0.25, 0.3) is 10.9 Å². The minimum Gasteiger partial charge on any atom is -0.249 e. The van der Waals surface area contributed by atoms with Crippen molar-refractivity contribution in [2.45, 2.75) is 6.54 Å². The van der Waals surface area contributed by atoms with E-state index in [1.165, 1.54) is 0 Å². The molecular weight excluding hydrogens is 281 g/mol. The molecule has 0 saturated heterocycles. The molecule has 2 heterocycles. The zero-order chi connectivity index (χ0) is 13.4. The molecule has 1 aromatic carbocycles. The highest BCUT2D eigenvalue weighted by Gasteiger charge is 2.18. The molecule has 2 aromatic heterocycles. The van der Waals surface area contributed by atoms with Crippen molar-refractivity contribution >= 4 is 34.1 Å². The van der Waals surface area contributed by atoms with E-state index in [0.717, 1.165) is 16.6 Å². The molecule has 3 nitrogen and oxygen atoms in total. The molecule has 96 valence electrons. The Hall–Kier alpha value is -1.58. The van der Waals surface area contributed by atoms with Crippen LogP contribution < -0.4 is 4.57 Å². The summed E-state index contributed by atoms with van der Waals surface area (Å²) in [4.78, 5) is 4.62. The lowest BCUT2D eigenvalue weighted by atomic mass is 10.2. The number of nitrogens with zero attached hydrogens (tertiary/aromatic N) is 3. The second-order valence-electron chi connectivity index (χ2n) is 4.43. The van der Waals surface area contributed by atoms with Gasteiger partial charge in [0.1, 0.15) is 6.54 Å². The summed E-state index contributed by atoms with van der Waals surface area (Å²) in [5, 5.41) is 2.19. The highest BCUT2D eigenvalue weighted by Crippen LogP contribution is 2.19. The lowest BCUT2D eigenvalue weighted by molar-refractivity contribution is -0.668. The lowest BCUT2D eigenvalue weighted by Crippen LogP contribution is -2.26. The van der Waals surface area contributed by atoms with E-state index in [0.29, 0.717) is 16.9 Å². The first kappa shape index (κ1) is 12.5. The van der Waals surface area contributed by atoms with Crippen molar-refractivity contribution in [3.05, 3.63) is 58.7 Å². The number of imidazole rings is 1. The van der Waals surface area contributed by atoms with Gasteiger partial charge in [-0.2, -0.15) is 0 Å². The fraction of sp³-hybridized carbons (Fsp3) is 0.143. The molecule has 0 aliphatic heterocycles. The van der Waals surface area contributed by atoms with Crippen molar-refractivity contribution in [2.24, 2.45) is 7.05 Å². The van der Waals surface area contributed by atoms with Crippen LogP contribution in [0.3, 0.4) is 0 Å². The van der Waals surface area contributed by atoms with Crippen molar-refractivity contribution < 1.29 is 4.57 Å². The third kappa shape index (κ3) is 2.31. The Bertz CT molecular complexity index is 750. The molecule has 0 spiro atoms. The molecule has 3 rings (SSSR count). The molecule has 0 aliphatic rings. The maximum Gasteiger partial charge on any atom is 0.255 e. The number of pyridine rings is 1. The molecule has 0 atom stereocenters. The van der Waals surface area contributed by atoms with E-state index in [2.05, 4.69) is 11.1 Å². The molecule has 0 aliphatic carbocycles. The van der Waals surface area contributed by atoms with Crippen molar-refractivity contribution in [1.29, 1.82) is 0 Å². The van der Waals surface area contributed by atoms with Gasteiger partial charge in [0.05, 0.1) is 18.3 Å². The van der Waals surface area contributed by atoms with Gasteiger partial charge in [-0.15, -0.1) is 0 Å². The molecule has 0 unspecified atom stereocenters. The predicted octanol–water partition coefficient (Wildman–Crippen LogP) is 3.22. The summed E-state index contributed by atoms with van der Waals surface area (Å²) in [6, 6.07) is 12.1. The first-order valence-electron chi connectivity index (χ1n) is 5.89. The Kier molecular flexibility index (Phi) is 3.17. The van der Waals surface area contributed by atoms with Crippen LogP contribution in [0.1, 0.15) is 5.69 Å². The van der Waals surface area contributed by atoms with E-state index >= 15 is 0 Å². The fourth-order valence-electron chi connectivity index (χ4n) is 2.06. The number of fused-ring (bicyclic) bond motifs is 1. The molecule has 0 radical (unpaired) electrons. The molecule has 0 saturated carbocycles. The van der Waals surface area contributed by atoms with Crippen LogP contribution in [0.4, 0.5) is 0 Å². The summed E-state index contributed by atoms with van der Waals surface area (Å²) in [5.74, 6) is 0. The van der Waals surface area contributed by atoms with Gasteiger partial charge >= 0.3 is 0 Å². The minimum absolute atomic E-state index is 0.527. The van der Waals surface area contributed by atoms with E-state index in [1.54, 1.807) is 4.57 Å². The van der Waals surface area contributed by atoms with E-state index < -0.39 is 0 Å². The largest absolute Gasteiger partial charge is 0.255 e. The summed E-state index contributed by atoms with van der Waals surface area (Å²) in [6.45, 7) is 0.601. The highest BCUT2D eigenvalue weighted by atomic mass is 35.5. The van der Waals surface area contributed by atoms with Crippen molar-refractivity contribution in [3.63, 3.8) is 0 Å². The number of aryl methyl sites for hydroxylation is 1. The van der Waals surface area contributed by atoms with Gasteiger partial charge in [0.2, 0.25) is 6.33 Å². The molecule has 0 N–H and O–H groups in total. The zero-order valence-electron chi connectivity index (χ0n) is 10.3. The molecule has 3 aromatic rings. The number of aromatic nitrogens is 3. The van der Waals surface area contributed by atoms with Gasteiger partial charge in [0.25, 0.3) is 10.3 Å². The molecular formula is C14H12Cl2N3+. The van der Waals surface area contributed by atoms with Crippen LogP contribution in [-0.4, -0.2) is 9.55 Å². The predicted molar refractivity (Wildman–Crippen MR) is 76.5 cm³/mol. The summed E-state index contributed by atoms with van der Waals surface area (Å²) in [7, 11) is 1.86. The third-order valence-corrected chi connectivity index (χ3v) is 3.97. The summed E-state index contributed by atoms with van der Waals surface area (Å²) >= 11 is 12.2. The first-order chi connectivity index (χ1) is 9.15. The van der Waals surface area contributed by atoms with E-state index in [1.807, 2.05) is 48.3 Å². The van der Waals surface area contributed by atoms with Gasteiger partial charge in [-0.3, -0.25) is 0 Å². The molecule has 5 heteroatoms. The topological polar surface area (TPSA) is 21.7 Å². The maximum absolute atomic E-state index is 6.16. The second kappa shape index (κ2) is 4.83. The van der Waals surface area contributed by atoms with Gasteiger partial charge in [0, 0.05) is 5.39 Å². The Morgan fingerprint density at radius 2 is 1.95 bits per heavy atom. The average Bonchev–Trinajstić information content (AvgIpc) is 2.66. The summed E-state index contributed by atoms with van der Waals surface area (Å²) in [6.07, 6.45) is 1.86. The van der Waals surface area contributed by atoms with Gasteiger partial charge in [-0.05, 0) is 35.3 Å². The molecule has 0 amide bonds. The lowest BCUT2D eigenvalue weighted by Gasteiger charge is -2.01. The number of halogens is 2. The third-order valence-electron chi connectivity index (χ3n) is 3.03. The fourth-order valence-corrected chi connectivity index (χ4v) is 2.44. The monoisotopic (exact) mass is 292 g/mol. The Balaban J connectivity index is 1.98. The molecule has 0 bridgehead atoms. The Labute approximate surface area is 121 Å². The van der Waals surface area contributed by atoms with E-state index in [9.17, 15) is 0 Å². The van der Waals surface area contributed by atoms with Gasteiger partial charge < -0.3 is 0 Å². The van der Waals surface area contributed by atoms with Gasteiger partial charge in [-0.1, -0.05) is 24.3 Å². The van der Waals surface area contributed by atoms with Gasteiger partial charge in [0.15, 0.2) is 0 Å². The van der Waals surface area contributed by atoms with Crippen LogP contribution in [0, 0.1) is 0 Å². The smallest absolute Gasteiger partial charge is 0.249 e. The standard InChI is InChI=1S/C14H12Cl2N3/c1-18-9-19(14(16)13(18)15)8-11-7-6-10-4-2-3-5-12(10)17-11/h2-7,9H,8H2,1H3/q+1. The van der Waals surface area contributed by atoms with Crippen LogP contribution >= 0.6 is 23.2 Å². The molecule has 0 fully saturated rings. The Morgan fingerprint density at radius 3 is 2.68 bits per heavy atom.